The Kier molecular flexibility index (Phi) is 8.51. The summed E-state index contributed by atoms with van der Waals surface area (Å²) in [5.74, 6) is 0. The van der Waals surface area contributed by atoms with Crippen LogP contribution in [0.15, 0.2) is 6.08 Å². The van der Waals surface area contributed by atoms with E-state index in [1.807, 2.05) is 0 Å². The fourth-order valence-electron chi connectivity index (χ4n) is 0.920. The van der Waals surface area contributed by atoms with Crippen LogP contribution in [0.1, 0.15) is 52.4 Å². The van der Waals surface area contributed by atoms with Crippen molar-refractivity contribution < 1.29 is 0 Å². The van der Waals surface area contributed by atoms with E-state index in [4.69, 9.17) is 0 Å². The van der Waals surface area contributed by atoms with Crippen LogP contribution >= 0.6 is 0 Å². The summed E-state index contributed by atoms with van der Waals surface area (Å²) in [6.45, 7) is 4.37. The summed E-state index contributed by atoms with van der Waals surface area (Å²) in [6.07, 6.45) is 13.1. The van der Waals surface area contributed by atoms with E-state index >= 15 is 0 Å². The Labute approximate surface area is 65.3 Å². The number of allylic oxidation sites excluding steroid dienone is 2. The molecule has 0 aliphatic heterocycles. The third-order valence-electron chi connectivity index (χ3n) is 1.55. The highest BCUT2D eigenvalue weighted by Gasteiger charge is 1.83. The Hall–Kier alpha value is -0.260. The van der Waals surface area contributed by atoms with E-state index in [2.05, 4.69) is 26.0 Å². The smallest absolute Gasteiger partial charge is 0.0308 e. The molecule has 0 aromatic rings. The zero-order chi connectivity index (χ0) is 7.66. The largest absolute Gasteiger partial charge is 0.0811 e. The molecule has 1 radical (unpaired) electrons. The Morgan fingerprint density at radius 3 is 2.50 bits per heavy atom. The Morgan fingerprint density at radius 1 is 1.10 bits per heavy atom. The molecule has 10 heavy (non-hydrogen) atoms. The van der Waals surface area contributed by atoms with Crippen LogP contribution in [0.3, 0.4) is 0 Å². The average molecular weight is 139 g/mol. The van der Waals surface area contributed by atoms with Crippen molar-refractivity contribution in [3.05, 3.63) is 12.2 Å². The maximum atomic E-state index is 3.20. The molecule has 0 aromatic heterocycles. The summed E-state index contributed by atoms with van der Waals surface area (Å²) < 4.78 is 0. The van der Waals surface area contributed by atoms with Crippen molar-refractivity contribution in [1.82, 2.24) is 0 Å². The van der Waals surface area contributed by atoms with Crippen molar-refractivity contribution in [2.24, 2.45) is 0 Å². The summed E-state index contributed by atoms with van der Waals surface area (Å²) >= 11 is 0. The molecular weight excluding hydrogens is 120 g/mol. The Balaban J connectivity index is 2.83. The zero-order valence-corrected chi connectivity index (χ0v) is 7.32. The van der Waals surface area contributed by atoms with Gasteiger partial charge in [0.25, 0.3) is 0 Å². The van der Waals surface area contributed by atoms with Crippen molar-refractivity contribution in [2.45, 2.75) is 52.4 Å². The first-order valence-electron chi connectivity index (χ1n) is 4.46. The first-order valence-corrected chi connectivity index (χ1v) is 4.46. The summed E-state index contributed by atoms with van der Waals surface area (Å²) in [5.41, 5.74) is 0. The molecule has 0 heterocycles. The van der Waals surface area contributed by atoms with Gasteiger partial charge < -0.3 is 0 Å². The van der Waals surface area contributed by atoms with Crippen LogP contribution in [-0.2, 0) is 0 Å². The highest BCUT2D eigenvalue weighted by Crippen LogP contribution is 2.02. The van der Waals surface area contributed by atoms with Gasteiger partial charge in [-0.2, -0.15) is 0 Å². The summed E-state index contributed by atoms with van der Waals surface area (Å²) in [7, 11) is 0. The second-order valence-corrected chi connectivity index (χ2v) is 2.61. The summed E-state index contributed by atoms with van der Waals surface area (Å²) in [5, 5.41) is 0. The molecule has 59 valence electrons. The number of rotatable bonds is 6. The highest BCUT2D eigenvalue weighted by molar-refractivity contribution is 4.71. The number of unbranched alkanes of at least 4 members (excludes halogenated alkanes) is 4. The van der Waals surface area contributed by atoms with Crippen LogP contribution in [0.5, 0.6) is 0 Å². The molecule has 0 bridgehead atoms. The van der Waals surface area contributed by atoms with Crippen LogP contribution in [0, 0.1) is 6.08 Å². The van der Waals surface area contributed by atoms with Gasteiger partial charge in [0.1, 0.15) is 0 Å². The lowest BCUT2D eigenvalue weighted by Gasteiger charge is -1.92. The molecule has 0 fully saturated rings. The van der Waals surface area contributed by atoms with Gasteiger partial charge in [-0.15, -0.1) is 0 Å². The van der Waals surface area contributed by atoms with Crippen LogP contribution in [0.4, 0.5) is 0 Å². The predicted octanol–water partition coefficient (Wildman–Crippen LogP) is 3.73. The molecule has 0 amide bonds. The molecule has 0 saturated carbocycles. The fraction of sp³-hybridized carbons (Fsp3) is 0.800. The number of hydrogen-bond acceptors (Lipinski definition) is 0. The highest BCUT2D eigenvalue weighted by atomic mass is 13.9. The minimum atomic E-state index is 1.06. The van der Waals surface area contributed by atoms with Crippen molar-refractivity contribution in [2.75, 3.05) is 0 Å². The van der Waals surface area contributed by atoms with Crippen molar-refractivity contribution in [3.63, 3.8) is 0 Å². The van der Waals surface area contributed by atoms with Gasteiger partial charge in [0.2, 0.25) is 0 Å². The van der Waals surface area contributed by atoms with Gasteiger partial charge >= 0.3 is 0 Å². The van der Waals surface area contributed by atoms with Gasteiger partial charge in [0.05, 0.1) is 0 Å². The second-order valence-electron chi connectivity index (χ2n) is 2.61. The molecule has 0 unspecified atom stereocenters. The van der Waals surface area contributed by atoms with Gasteiger partial charge in [0, 0.05) is 0 Å². The van der Waals surface area contributed by atoms with Crippen LogP contribution in [-0.4, -0.2) is 0 Å². The lowest BCUT2D eigenvalue weighted by Crippen LogP contribution is -1.73. The van der Waals surface area contributed by atoms with E-state index in [1.165, 1.54) is 32.1 Å². The minimum absolute atomic E-state index is 1.06. The SMILES string of the molecule is CC[C]=CCCCCCC. The molecule has 0 aromatic carbocycles. The van der Waals surface area contributed by atoms with E-state index in [9.17, 15) is 0 Å². The molecule has 0 heteroatoms. The molecule has 0 atom stereocenters. The Bertz CT molecular complexity index is 72.1. The quantitative estimate of drug-likeness (QED) is 0.492. The van der Waals surface area contributed by atoms with E-state index in [0.29, 0.717) is 0 Å². The lowest BCUT2D eigenvalue weighted by atomic mass is 10.1. The average Bonchev–Trinajstić information content (AvgIpc) is 1.97. The number of hydrogen-bond donors (Lipinski definition) is 0. The maximum Gasteiger partial charge on any atom is -0.0308 e. The molecule has 0 rings (SSSR count). The normalized spacial score (nSPS) is 11.0. The Morgan fingerprint density at radius 2 is 1.90 bits per heavy atom. The topological polar surface area (TPSA) is 0 Å². The van der Waals surface area contributed by atoms with Gasteiger partial charge in [0.15, 0.2) is 0 Å². The van der Waals surface area contributed by atoms with Gasteiger partial charge in [-0.05, 0) is 25.3 Å². The van der Waals surface area contributed by atoms with Crippen LogP contribution in [0.25, 0.3) is 0 Å². The third-order valence-corrected chi connectivity index (χ3v) is 1.55. The molecule has 0 N–H and O–H groups in total. The standard InChI is InChI=1S/C10H19/c1-3-5-7-9-10-8-6-4-2/h8H,3-5,7,9-10H2,1-2H3. The van der Waals surface area contributed by atoms with Gasteiger partial charge in [-0.1, -0.05) is 39.2 Å². The van der Waals surface area contributed by atoms with E-state index in [-0.39, 0.29) is 0 Å². The first-order chi connectivity index (χ1) is 4.91. The molecular formula is C10H19. The lowest BCUT2D eigenvalue weighted by molar-refractivity contribution is 0.673. The monoisotopic (exact) mass is 139 g/mol. The molecule has 0 saturated heterocycles. The summed E-state index contributed by atoms with van der Waals surface area (Å²) in [4.78, 5) is 0. The van der Waals surface area contributed by atoms with Crippen molar-refractivity contribution in [1.29, 1.82) is 0 Å². The molecule has 0 nitrogen and oxygen atoms in total. The van der Waals surface area contributed by atoms with E-state index in [0.717, 1.165) is 6.42 Å². The third kappa shape index (κ3) is 7.74. The molecule has 0 aliphatic carbocycles. The van der Waals surface area contributed by atoms with Gasteiger partial charge in [-0.3, -0.25) is 0 Å². The van der Waals surface area contributed by atoms with Crippen molar-refractivity contribution >= 4 is 0 Å². The second kappa shape index (κ2) is 8.74. The fourth-order valence-corrected chi connectivity index (χ4v) is 0.920. The van der Waals surface area contributed by atoms with Crippen molar-refractivity contribution in [3.8, 4) is 0 Å². The maximum absolute atomic E-state index is 3.20. The minimum Gasteiger partial charge on any atom is -0.0811 e. The van der Waals surface area contributed by atoms with Gasteiger partial charge in [-0.25, -0.2) is 0 Å². The van der Waals surface area contributed by atoms with Crippen LogP contribution < -0.4 is 0 Å². The molecule has 0 aliphatic rings. The van der Waals surface area contributed by atoms with E-state index < -0.39 is 0 Å². The van der Waals surface area contributed by atoms with Crippen LogP contribution in [0.2, 0.25) is 0 Å². The zero-order valence-electron chi connectivity index (χ0n) is 7.32. The first kappa shape index (κ1) is 9.74. The predicted molar refractivity (Wildman–Crippen MR) is 46.9 cm³/mol. The molecule has 0 spiro atoms. The summed E-state index contributed by atoms with van der Waals surface area (Å²) in [6, 6.07) is 0. The van der Waals surface area contributed by atoms with E-state index in [1.54, 1.807) is 0 Å².